The molecule has 0 bridgehead atoms. The van der Waals surface area contributed by atoms with E-state index in [1.807, 2.05) is 12.2 Å². The Hall–Kier alpha value is -1.81. The molecule has 2 rings (SSSR count). The van der Waals surface area contributed by atoms with Gasteiger partial charge in [0.1, 0.15) is 0 Å². The van der Waals surface area contributed by atoms with Crippen molar-refractivity contribution in [2.45, 2.75) is 32.8 Å². The van der Waals surface area contributed by atoms with Crippen LogP contribution in [0.2, 0.25) is 5.02 Å². The average molecular weight is 322 g/mol. The Bertz CT molecular complexity index is 566. The van der Waals surface area contributed by atoms with Crippen LogP contribution >= 0.6 is 11.6 Å². The van der Waals surface area contributed by atoms with E-state index in [1.165, 1.54) is 0 Å². The van der Waals surface area contributed by atoms with Crippen molar-refractivity contribution in [1.82, 2.24) is 0 Å². The molecule has 0 aliphatic heterocycles. The van der Waals surface area contributed by atoms with E-state index in [9.17, 15) is 9.59 Å². The number of carbonyl (C=O) groups is 2. The van der Waals surface area contributed by atoms with Crippen molar-refractivity contribution in [3.05, 3.63) is 41.4 Å². The van der Waals surface area contributed by atoms with Gasteiger partial charge in [0.05, 0.1) is 17.9 Å². The molecule has 1 aliphatic carbocycles. The van der Waals surface area contributed by atoms with E-state index in [-0.39, 0.29) is 18.0 Å². The monoisotopic (exact) mass is 321 g/mol. The lowest BCUT2D eigenvalue weighted by Gasteiger charge is -2.26. The zero-order valence-electron chi connectivity index (χ0n) is 12.7. The van der Waals surface area contributed by atoms with Gasteiger partial charge in [0, 0.05) is 10.7 Å². The largest absolute Gasteiger partial charge is 0.463 e. The van der Waals surface area contributed by atoms with Crippen LogP contribution in [0.15, 0.2) is 36.4 Å². The van der Waals surface area contributed by atoms with E-state index in [0.717, 1.165) is 0 Å². The minimum Gasteiger partial charge on any atom is -0.463 e. The van der Waals surface area contributed by atoms with Gasteiger partial charge in [-0.3, -0.25) is 9.59 Å². The Morgan fingerprint density at radius 1 is 1.14 bits per heavy atom. The number of allylic oxidation sites excluding steroid dienone is 2. The molecule has 1 aromatic carbocycles. The van der Waals surface area contributed by atoms with Gasteiger partial charge in [-0.1, -0.05) is 23.8 Å². The first-order chi connectivity index (χ1) is 10.5. The van der Waals surface area contributed by atoms with Gasteiger partial charge in [-0.25, -0.2) is 0 Å². The van der Waals surface area contributed by atoms with Crippen molar-refractivity contribution in [3.8, 4) is 0 Å². The number of nitrogens with one attached hydrogen (secondary N) is 1. The van der Waals surface area contributed by atoms with Crippen LogP contribution in [0.5, 0.6) is 0 Å². The Morgan fingerprint density at radius 3 is 2.32 bits per heavy atom. The van der Waals surface area contributed by atoms with Gasteiger partial charge in [0.2, 0.25) is 5.91 Å². The first-order valence-corrected chi connectivity index (χ1v) is 7.77. The fourth-order valence-electron chi connectivity index (χ4n) is 2.45. The van der Waals surface area contributed by atoms with E-state index >= 15 is 0 Å². The predicted octanol–water partition coefficient (Wildman–Crippen LogP) is 3.81. The molecule has 0 heterocycles. The molecule has 4 nitrogen and oxygen atoms in total. The van der Waals surface area contributed by atoms with E-state index in [1.54, 1.807) is 38.1 Å². The van der Waals surface area contributed by atoms with Gasteiger partial charge in [0.25, 0.3) is 0 Å². The van der Waals surface area contributed by atoms with Crippen LogP contribution in [-0.4, -0.2) is 18.0 Å². The lowest BCUT2D eigenvalue weighted by molar-refractivity contribution is -0.156. The molecule has 1 N–H and O–H groups in total. The number of halogens is 1. The highest BCUT2D eigenvalue weighted by Gasteiger charge is 2.35. The summed E-state index contributed by atoms with van der Waals surface area (Å²) in [7, 11) is 0. The summed E-state index contributed by atoms with van der Waals surface area (Å²) in [5.74, 6) is -1.32. The Morgan fingerprint density at radius 2 is 1.73 bits per heavy atom. The quantitative estimate of drug-likeness (QED) is 0.677. The van der Waals surface area contributed by atoms with Gasteiger partial charge in [-0.15, -0.1) is 0 Å². The third-order valence-electron chi connectivity index (χ3n) is 3.54. The number of hydrogen-bond donors (Lipinski definition) is 1. The molecular formula is C17H20ClNO3. The van der Waals surface area contributed by atoms with Gasteiger partial charge in [-0.2, -0.15) is 0 Å². The smallest absolute Gasteiger partial charge is 0.310 e. The lowest BCUT2D eigenvalue weighted by atomic mass is 9.82. The van der Waals surface area contributed by atoms with Crippen LogP contribution in [0.1, 0.15) is 26.7 Å². The van der Waals surface area contributed by atoms with E-state index < -0.39 is 11.8 Å². The zero-order chi connectivity index (χ0) is 16.1. The number of carbonyl (C=O) groups excluding carboxylic acids is 2. The Balaban J connectivity index is 2.06. The van der Waals surface area contributed by atoms with E-state index in [4.69, 9.17) is 16.3 Å². The van der Waals surface area contributed by atoms with Crippen molar-refractivity contribution in [2.24, 2.45) is 11.8 Å². The second-order valence-electron chi connectivity index (χ2n) is 5.64. The second kappa shape index (κ2) is 7.45. The molecule has 2 atom stereocenters. The molecule has 22 heavy (non-hydrogen) atoms. The molecule has 0 saturated carbocycles. The summed E-state index contributed by atoms with van der Waals surface area (Å²) in [5, 5.41) is 3.45. The molecule has 5 heteroatoms. The minimum absolute atomic E-state index is 0.169. The van der Waals surface area contributed by atoms with Gasteiger partial charge >= 0.3 is 5.97 Å². The van der Waals surface area contributed by atoms with Crippen molar-refractivity contribution < 1.29 is 14.3 Å². The number of esters is 1. The van der Waals surface area contributed by atoms with Crippen molar-refractivity contribution in [2.75, 3.05) is 5.32 Å². The number of benzene rings is 1. The minimum atomic E-state index is -0.431. The SMILES string of the molecule is CC(C)OC(=O)[C@H]1CC=CC[C@@H]1C(=O)Nc1ccc(Cl)cc1. The molecule has 0 aromatic heterocycles. The van der Waals surface area contributed by atoms with Crippen LogP contribution in [0, 0.1) is 11.8 Å². The molecule has 0 radical (unpaired) electrons. The standard InChI is InChI=1S/C17H20ClNO3/c1-11(2)22-17(21)15-6-4-3-5-14(15)16(20)19-13-9-7-12(18)8-10-13/h3-4,7-11,14-15H,5-6H2,1-2H3,(H,19,20)/t14-,15-/m0/s1. The first kappa shape index (κ1) is 16.6. The molecule has 0 unspecified atom stereocenters. The second-order valence-corrected chi connectivity index (χ2v) is 6.07. The summed E-state index contributed by atoms with van der Waals surface area (Å²) in [4.78, 5) is 24.6. The van der Waals surface area contributed by atoms with E-state index in [2.05, 4.69) is 5.32 Å². The van der Waals surface area contributed by atoms with Crippen LogP contribution in [-0.2, 0) is 14.3 Å². The molecule has 1 amide bonds. The molecular weight excluding hydrogens is 302 g/mol. The molecule has 1 aliphatic rings. The lowest BCUT2D eigenvalue weighted by Crippen LogP contribution is -2.36. The maximum Gasteiger partial charge on any atom is 0.310 e. The van der Waals surface area contributed by atoms with Crippen molar-refractivity contribution in [1.29, 1.82) is 0 Å². The molecule has 1 aromatic rings. The number of hydrogen-bond acceptors (Lipinski definition) is 3. The van der Waals surface area contributed by atoms with Gasteiger partial charge in [0.15, 0.2) is 0 Å². The summed E-state index contributed by atoms with van der Waals surface area (Å²) < 4.78 is 5.27. The molecule has 118 valence electrons. The third kappa shape index (κ3) is 4.34. The fraction of sp³-hybridized carbons (Fsp3) is 0.412. The zero-order valence-corrected chi connectivity index (χ0v) is 13.5. The van der Waals surface area contributed by atoms with Gasteiger partial charge < -0.3 is 10.1 Å². The highest BCUT2D eigenvalue weighted by Crippen LogP contribution is 2.28. The number of rotatable bonds is 4. The summed E-state index contributed by atoms with van der Waals surface area (Å²) in [6.07, 6.45) is 4.75. The van der Waals surface area contributed by atoms with Crippen molar-refractivity contribution >= 4 is 29.2 Å². The average Bonchev–Trinajstić information content (AvgIpc) is 2.49. The van der Waals surface area contributed by atoms with E-state index in [0.29, 0.717) is 23.6 Å². The van der Waals surface area contributed by atoms with Crippen molar-refractivity contribution in [3.63, 3.8) is 0 Å². The predicted molar refractivity (Wildman–Crippen MR) is 86.7 cm³/mol. The van der Waals surface area contributed by atoms with Crippen LogP contribution in [0.4, 0.5) is 5.69 Å². The Kier molecular flexibility index (Phi) is 5.61. The van der Waals surface area contributed by atoms with Crippen LogP contribution < -0.4 is 5.32 Å². The van der Waals surface area contributed by atoms with Crippen LogP contribution in [0.3, 0.4) is 0 Å². The van der Waals surface area contributed by atoms with Crippen LogP contribution in [0.25, 0.3) is 0 Å². The molecule has 0 spiro atoms. The maximum atomic E-state index is 12.5. The summed E-state index contributed by atoms with van der Waals surface area (Å²) in [5.41, 5.74) is 0.667. The fourth-order valence-corrected chi connectivity index (χ4v) is 2.58. The molecule has 0 saturated heterocycles. The maximum absolute atomic E-state index is 12.5. The number of ether oxygens (including phenoxy) is 1. The summed E-state index contributed by atoms with van der Waals surface area (Å²) in [6.45, 7) is 3.61. The van der Waals surface area contributed by atoms with Gasteiger partial charge in [-0.05, 0) is 51.0 Å². The highest BCUT2D eigenvalue weighted by molar-refractivity contribution is 6.30. The normalized spacial score (nSPS) is 20.7. The molecule has 0 fully saturated rings. The summed E-state index contributed by atoms with van der Waals surface area (Å²) >= 11 is 5.83. The topological polar surface area (TPSA) is 55.4 Å². The number of amides is 1. The highest BCUT2D eigenvalue weighted by atomic mass is 35.5. The first-order valence-electron chi connectivity index (χ1n) is 7.39. The summed E-state index contributed by atoms with van der Waals surface area (Å²) in [6, 6.07) is 6.89. The third-order valence-corrected chi connectivity index (χ3v) is 3.79. The Labute approximate surface area is 135 Å². The number of anilines is 1.